The van der Waals surface area contributed by atoms with E-state index >= 15 is 0 Å². The SMILES string of the molecule is C.C.CC(C)(C(=O)OCC(F)(F)F)C1CC1c1ccccc1. The van der Waals surface area contributed by atoms with E-state index in [1.165, 1.54) is 0 Å². The number of esters is 1. The van der Waals surface area contributed by atoms with Crippen molar-refractivity contribution < 1.29 is 22.7 Å². The molecule has 1 fully saturated rings. The van der Waals surface area contributed by atoms with Crippen LogP contribution in [0.15, 0.2) is 30.3 Å². The Balaban J connectivity index is 0.00000220. The van der Waals surface area contributed by atoms with Gasteiger partial charge in [0.1, 0.15) is 0 Å². The fourth-order valence-corrected chi connectivity index (χ4v) is 2.55. The summed E-state index contributed by atoms with van der Waals surface area (Å²) in [5.74, 6) is -0.520. The average Bonchev–Trinajstić information content (AvgIpc) is 3.17. The molecule has 0 N–H and O–H groups in total. The van der Waals surface area contributed by atoms with E-state index in [0.717, 1.165) is 12.0 Å². The highest BCUT2D eigenvalue weighted by Gasteiger charge is 2.53. The third kappa shape index (κ3) is 4.75. The van der Waals surface area contributed by atoms with Crippen molar-refractivity contribution in [2.75, 3.05) is 6.61 Å². The highest BCUT2D eigenvalue weighted by atomic mass is 19.4. The number of hydrogen-bond donors (Lipinski definition) is 0. The van der Waals surface area contributed by atoms with Gasteiger partial charge in [-0.25, -0.2) is 0 Å². The van der Waals surface area contributed by atoms with Crippen LogP contribution >= 0.6 is 0 Å². The predicted molar refractivity (Wildman–Crippen MR) is 81.5 cm³/mol. The molecular weight excluding hydrogens is 293 g/mol. The lowest BCUT2D eigenvalue weighted by Crippen LogP contribution is -2.32. The molecule has 0 heterocycles. The van der Waals surface area contributed by atoms with Gasteiger partial charge >= 0.3 is 12.1 Å². The van der Waals surface area contributed by atoms with E-state index in [-0.39, 0.29) is 26.7 Å². The zero-order chi connectivity index (χ0) is 15.0. The summed E-state index contributed by atoms with van der Waals surface area (Å²) in [6.07, 6.45) is -3.67. The van der Waals surface area contributed by atoms with Crippen LogP contribution in [0.3, 0.4) is 0 Å². The van der Waals surface area contributed by atoms with Crippen molar-refractivity contribution in [1.82, 2.24) is 0 Å². The molecule has 0 aromatic heterocycles. The highest BCUT2D eigenvalue weighted by molar-refractivity contribution is 5.77. The molecule has 2 rings (SSSR count). The van der Waals surface area contributed by atoms with Gasteiger partial charge < -0.3 is 4.74 Å². The van der Waals surface area contributed by atoms with Crippen molar-refractivity contribution in [3.05, 3.63) is 35.9 Å². The maximum atomic E-state index is 12.1. The summed E-state index contributed by atoms with van der Waals surface area (Å²) in [6, 6.07) is 9.69. The molecule has 0 aliphatic heterocycles. The molecule has 0 amide bonds. The van der Waals surface area contributed by atoms with Gasteiger partial charge in [-0.05, 0) is 37.7 Å². The molecule has 2 nitrogen and oxygen atoms in total. The number of carbonyl (C=O) groups is 1. The molecule has 5 heteroatoms. The van der Waals surface area contributed by atoms with Crippen LogP contribution in [0.25, 0.3) is 0 Å². The normalized spacial score (nSPS) is 20.4. The minimum atomic E-state index is -4.48. The Kier molecular flexibility index (Phi) is 6.67. The summed E-state index contributed by atoms with van der Waals surface area (Å²) in [4.78, 5) is 11.8. The summed E-state index contributed by atoms with van der Waals surface area (Å²) in [5.41, 5.74) is 0.223. The predicted octanol–water partition coefficient (Wildman–Crippen LogP) is 5.19. The van der Waals surface area contributed by atoms with Gasteiger partial charge in [-0.2, -0.15) is 13.2 Å². The smallest absolute Gasteiger partial charge is 0.422 e. The molecule has 0 saturated heterocycles. The van der Waals surface area contributed by atoms with Gasteiger partial charge in [0.2, 0.25) is 0 Å². The number of ether oxygens (including phenoxy) is 1. The fourth-order valence-electron chi connectivity index (χ4n) is 2.55. The lowest BCUT2D eigenvalue weighted by atomic mass is 9.85. The minimum absolute atomic E-state index is 0. The Morgan fingerprint density at radius 2 is 1.73 bits per heavy atom. The van der Waals surface area contributed by atoms with Crippen molar-refractivity contribution in [1.29, 1.82) is 0 Å². The van der Waals surface area contributed by atoms with Gasteiger partial charge in [-0.1, -0.05) is 45.2 Å². The Morgan fingerprint density at radius 3 is 2.23 bits per heavy atom. The van der Waals surface area contributed by atoms with Crippen LogP contribution in [0.1, 0.15) is 46.6 Å². The van der Waals surface area contributed by atoms with Crippen molar-refractivity contribution in [3.63, 3.8) is 0 Å². The van der Waals surface area contributed by atoms with Gasteiger partial charge in [0.15, 0.2) is 6.61 Å². The third-order valence-corrected chi connectivity index (χ3v) is 3.84. The van der Waals surface area contributed by atoms with Gasteiger partial charge in [0.05, 0.1) is 5.41 Å². The van der Waals surface area contributed by atoms with Crippen molar-refractivity contribution >= 4 is 5.97 Å². The highest BCUT2D eigenvalue weighted by Crippen LogP contribution is 2.57. The van der Waals surface area contributed by atoms with Gasteiger partial charge in [0, 0.05) is 0 Å². The van der Waals surface area contributed by atoms with Crippen LogP contribution < -0.4 is 0 Å². The van der Waals surface area contributed by atoms with Crippen LogP contribution in [-0.4, -0.2) is 18.8 Å². The van der Waals surface area contributed by atoms with E-state index < -0.39 is 24.2 Å². The molecular formula is C17H25F3O2. The lowest BCUT2D eigenvalue weighted by molar-refractivity contribution is -0.193. The maximum Gasteiger partial charge on any atom is 0.422 e. The van der Waals surface area contributed by atoms with Crippen molar-refractivity contribution in [2.45, 2.75) is 47.2 Å². The van der Waals surface area contributed by atoms with Gasteiger partial charge in [0.25, 0.3) is 0 Å². The van der Waals surface area contributed by atoms with Crippen LogP contribution in [0, 0.1) is 11.3 Å². The van der Waals surface area contributed by atoms with Gasteiger partial charge in [-0.15, -0.1) is 0 Å². The van der Waals surface area contributed by atoms with E-state index in [1.807, 2.05) is 30.3 Å². The fraction of sp³-hybridized carbons (Fsp3) is 0.588. The summed E-state index contributed by atoms with van der Waals surface area (Å²) >= 11 is 0. The lowest BCUT2D eigenvalue weighted by Gasteiger charge is -2.23. The van der Waals surface area contributed by atoms with Crippen LogP contribution in [0.2, 0.25) is 0 Å². The molecule has 1 aromatic rings. The Hall–Kier alpha value is -1.52. The number of hydrogen-bond acceptors (Lipinski definition) is 2. The Labute approximate surface area is 130 Å². The quantitative estimate of drug-likeness (QED) is 0.714. The second-order valence-corrected chi connectivity index (χ2v) is 5.77. The first-order valence-corrected chi connectivity index (χ1v) is 6.51. The minimum Gasteiger partial charge on any atom is -0.456 e. The molecule has 22 heavy (non-hydrogen) atoms. The molecule has 2 unspecified atom stereocenters. The van der Waals surface area contributed by atoms with Crippen molar-refractivity contribution in [3.8, 4) is 0 Å². The number of halogens is 3. The monoisotopic (exact) mass is 318 g/mol. The number of rotatable bonds is 4. The molecule has 1 aromatic carbocycles. The molecule has 2 atom stereocenters. The topological polar surface area (TPSA) is 26.3 Å². The first-order valence-electron chi connectivity index (χ1n) is 6.51. The number of carbonyl (C=O) groups excluding carboxylic acids is 1. The molecule has 1 saturated carbocycles. The van der Waals surface area contributed by atoms with Crippen LogP contribution in [0.5, 0.6) is 0 Å². The second-order valence-electron chi connectivity index (χ2n) is 5.77. The van der Waals surface area contributed by atoms with Crippen LogP contribution in [0.4, 0.5) is 13.2 Å². The Morgan fingerprint density at radius 1 is 1.18 bits per heavy atom. The van der Waals surface area contributed by atoms with E-state index in [2.05, 4.69) is 4.74 Å². The van der Waals surface area contributed by atoms with E-state index in [0.29, 0.717) is 0 Å². The van der Waals surface area contributed by atoms with E-state index in [1.54, 1.807) is 13.8 Å². The van der Waals surface area contributed by atoms with Gasteiger partial charge in [-0.3, -0.25) is 4.79 Å². The zero-order valence-corrected chi connectivity index (χ0v) is 11.4. The third-order valence-electron chi connectivity index (χ3n) is 3.84. The molecule has 126 valence electrons. The molecule has 1 aliphatic rings. The Bertz CT molecular complexity index is 480. The first kappa shape index (κ1) is 20.5. The standard InChI is InChI=1S/C15H17F3O2.2CH4/c1-14(2,13(19)20-9-15(16,17)18)12-8-11(12)10-6-4-3-5-7-10;;/h3-7,11-12H,8-9H2,1-2H3;2*1H4. The van der Waals surface area contributed by atoms with Crippen molar-refractivity contribution in [2.24, 2.45) is 11.3 Å². The van der Waals surface area contributed by atoms with E-state index in [9.17, 15) is 18.0 Å². The molecule has 0 spiro atoms. The molecule has 1 aliphatic carbocycles. The van der Waals surface area contributed by atoms with E-state index in [4.69, 9.17) is 0 Å². The zero-order valence-electron chi connectivity index (χ0n) is 11.4. The largest absolute Gasteiger partial charge is 0.456 e. The summed E-state index contributed by atoms with van der Waals surface area (Å²) in [6.45, 7) is 1.79. The second kappa shape index (κ2) is 7.16. The summed E-state index contributed by atoms with van der Waals surface area (Å²) in [5, 5.41) is 0. The molecule has 0 bridgehead atoms. The van der Waals surface area contributed by atoms with Crippen LogP contribution in [-0.2, 0) is 9.53 Å². The summed E-state index contributed by atoms with van der Waals surface area (Å²) < 4.78 is 40.6. The maximum absolute atomic E-state index is 12.1. The average molecular weight is 318 g/mol. The summed E-state index contributed by atoms with van der Waals surface area (Å²) in [7, 11) is 0. The first-order chi connectivity index (χ1) is 9.22. The molecule has 0 radical (unpaired) electrons. The number of benzene rings is 1. The number of alkyl halides is 3.